The molecule has 0 unspecified atom stereocenters. The molecule has 0 aliphatic carbocycles. The maximum Gasteiger partial charge on any atom is 0.278 e. The van der Waals surface area contributed by atoms with Gasteiger partial charge in [-0.05, 0) is 56.6 Å². The predicted molar refractivity (Wildman–Crippen MR) is 104 cm³/mol. The molecule has 6 nitrogen and oxygen atoms in total. The molecular formula is C20H23N3O3S. The number of hydrogen-bond donors (Lipinski definition) is 0. The molecule has 2 amide bonds. The van der Waals surface area contributed by atoms with Crippen LogP contribution in [0.15, 0.2) is 46.0 Å². The van der Waals surface area contributed by atoms with Crippen molar-refractivity contribution in [1.82, 2.24) is 14.7 Å². The molecule has 0 atom stereocenters. The topological polar surface area (TPSA) is 57.0 Å². The Labute approximate surface area is 162 Å². The van der Waals surface area contributed by atoms with Gasteiger partial charge in [-0.25, -0.2) is 0 Å². The first-order chi connectivity index (χ1) is 13.1. The number of nitrogens with zero attached hydrogens (tertiary/aromatic N) is 3. The van der Waals surface area contributed by atoms with E-state index in [-0.39, 0.29) is 24.4 Å². The van der Waals surface area contributed by atoms with Gasteiger partial charge < -0.3 is 14.2 Å². The Morgan fingerprint density at radius 3 is 2.59 bits per heavy atom. The average Bonchev–Trinajstić information content (AvgIpc) is 3.40. The lowest BCUT2D eigenvalue weighted by atomic mass is 10.0. The van der Waals surface area contributed by atoms with E-state index in [4.69, 9.17) is 4.42 Å². The molecule has 0 spiro atoms. The van der Waals surface area contributed by atoms with Crippen LogP contribution in [-0.2, 0) is 16.1 Å². The maximum absolute atomic E-state index is 13.3. The van der Waals surface area contributed by atoms with E-state index in [1.54, 1.807) is 18.4 Å². The Kier molecular flexibility index (Phi) is 4.88. The minimum Gasteiger partial charge on any atom is -0.467 e. The zero-order valence-electron chi connectivity index (χ0n) is 15.6. The number of thiophene rings is 1. The van der Waals surface area contributed by atoms with Crippen LogP contribution in [-0.4, -0.2) is 59.7 Å². The minimum atomic E-state index is -0.242. The molecule has 2 aromatic heterocycles. The molecule has 1 saturated heterocycles. The van der Waals surface area contributed by atoms with E-state index in [0.29, 0.717) is 17.0 Å². The van der Waals surface area contributed by atoms with Crippen LogP contribution in [0.3, 0.4) is 0 Å². The molecule has 142 valence electrons. The number of likely N-dealkylation sites (N-methyl/N-ethyl adjacent to an activating group) is 1. The van der Waals surface area contributed by atoms with Gasteiger partial charge in [0.05, 0.1) is 18.4 Å². The van der Waals surface area contributed by atoms with Gasteiger partial charge in [0.25, 0.3) is 11.8 Å². The number of carbonyl (C=O) groups is 2. The highest BCUT2D eigenvalue weighted by atomic mass is 32.1. The summed E-state index contributed by atoms with van der Waals surface area (Å²) in [4.78, 5) is 32.9. The molecule has 2 aliphatic heterocycles. The van der Waals surface area contributed by atoms with E-state index in [1.807, 2.05) is 29.5 Å². The molecule has 4 heterocycles. The van der Waals surface area contributed by atoms with E-state index in [0.717, 1.165) is 30.8 Å². The van der Waals surface area contributed by atoms with Gasteiger partial charge >= 0.3 is 0 Å². The van der Waals surface area contributed by atoms with Gasteiger partial charge in [0.15, 0.2) is 0 Å². The van der Waals surface area contributed by atoms with Gasteiger partial charge in [-0.1, -0.05) is 6.07 Å². The molecule has 0 saturated carbocycles. The molecule has 0 bridgehead atoms. The largest absolute Gasteiger partial charge is 0.467 e. The summed E-state index contributed by atoms with van der Waals surface area (Å²) in [6, 6.07) is 7.62. The van der Waals surface area contributed by atoms with Crippen LogP contribution in [0, 0.1) is 0 Å². The quantitative estimate of drug-likeness (QED) is 0.741. The van der Waals surface area contributed by atoms with Crippen LogP contribution >= 0.6 is 11.3 Å². The lowest BCUT2D eigenvalue weighted by Gasteiger charge is -2.36. The van der Waals surface area contributed by atoms with E-state index in [2.05, 4.69) is 11.9 Å². The third kappa shape index (κ3) is 3.33. The zero-order chi connectivity index (χ0) is 19.0. The highest BCUT2D eigenvalue weighted by molar-refractivity contribution is 7.11. The summed E-state index contributed by atoms with van der Waals surface area (Å²) in [5.74, 6) is 0.125. The second kappa shape index (κ2) is 7.32. The van der Waals surface area contributed by atoms with Gasteiger partial charge in [-0.3, -0.25) is 14.5 Å². The first kappa shape index (κ1) is 18.0. The summed E-state index contributed by atoms with van der Waals surface area (Å²) in [5.41, 5.74) is 1.03. The number of imide groups is 1. The number of piperidine rings is 1. The molecule has 2 aliphatic rings. The summed E-state index contributed by atoms with van der Waals surface area (Å²) in [6.45, 7) is 2.15. The van der Waals surface area contributed by atoms with Crippen LogP contribution in [0.2, 0.25) is 0 Å². The van der Waals surface area contributed by atoms with Crippen LogP contribution in [0.25, 0.3) is 5.57 Å². The number of carbonyl (C=O) groups excluding carboxylic acids is 2. The average molecular weight is 385 g/mol. The number of amides is 2. The first-order valence-electron chi connectivity index (χ1n) is 9.14. The Morgan fingerprint density at radius 2 is 1.96 bits per heavy atom. The Bertz CT molecular complexity index is 849. The standard InChI is InChI=1S/C20H23N3O3S/c1-21-9-7-14(8-10-21)22(2)18-17(16-6-4-12-27-16)19(24)23(20(18)25)13-15-5-3-11-26-15/h3-6,11-12,14H,7-10,13H2,1-2H3. The van der Waals surface area contributed by atoms with Crippen molar-refractivity contribution in [3.8, 4) is 0 Å². The number of rotatable bonds is 5. The summed E-state index contributed by atoms with van der Waals surface area (Å²) in [6.07, 6.45) is 3.52. The fourth-order valence-corrected chi connectivity index (χ4v) is 4.56. The monoisotopic (exact) mass is 385 g/mol. The van der Waals surface area contributed by atoms with E-state index in [1.165, 1.54) is 16.2 Å². The second-order valence-corrected chi connectivity index (χ2v) is 8.07. The zero-order valence-corrected chi connectivity index (χ0v) is 16.4. The van der Waals surface area contributed by atoms with Crippen molar-refractivity contribution in [2.75, 3.05) is 27.2 Å². The van der Waals surface area contributed by atoms with Gasteiger partial charge in [-0.2, -0.15) is 0 Å². The molecule has 7 heteroatoms. The summed E-state index contributed by atoms with van der Waals surface area (Å²) in [7, 11) is 4.06. The number of hydrogen-bond acceptors (Lipinski definition) is 6. The van der Waals surface area contributed by atoms with Crippen LogP contribution < -0.4 is 0 Å². The molecule has 0 radical (unpaired) electrons. The highest BCUT2D eigenvalue weighted by Crippen LogP contribution is 2.36. The van der Waals surface area contributed by atoms with Crippen molar-refractivity contribution < 1.29 is 14.0 Å². The van der Waals surface area contributed by atoms with Gasteiger partial charge in [-0.15, -0.1) is 11.3 Å². The lowest BCUT2D eigenvalue weighted by molar-refractivity contribution is -0.138. The van der Waals surface area contributed by atoms with Crippen molar-refractivity contribution in [2.24, 2.45) is 0 Å². The molecule has 0 N–H and O–H groups in total. The summed E-state index contributed by atoms with van der Waals surface area (Å²) >= 11 is 1.49. The second-order valence-electron chi connectivity index (χ2n) is 7.12. The van der Waals surface area contributed by atoms with Crippen LogP contribution in [0.4, 0.5) is 0 Å². The van der Waals surface area contributed by atoms with Crippen LogP contribution in [0.5, 0.6) is 0 Å². The van der Waals surface area contributed by atoms with Crippen molar-refractivity contribution >= 4 is 28.7 Å². The van der Waals surface area contributed by atoms with E-state index >= 15 is 0 Å². The molecule has 2 aromatic rings. The van der Waals surface area contributed by atoms with Crippen LogP contribution in [0.1, 0.15) is 23.5 Å². The van der Waals surface area contributed by atoms with E-state index < -0.39 is 0 Å². The van der Waals surface area contributed by atoms with Crippen molar-refractivity contribution in [3.05, 3.63) is 52.2 Å². The Hall–Kier alpha value is -2.38. The van der Waals surface area contributed by atoms with Gasteiger partial charge in [0.1, 0.15) is 11.5 Å². The summed E-state index contributed by atoms with van der Waals surface area (Å²) in [5, 5.41) is 1.93. The van der Waals surface area contributed by atoms with Gasteiger partial charge in [0.2, 0.25) is 0 Å². The third-order valence-corrected chi connectivity index (χ3v) is 6.28. The smallest absolute Gasteiger partial charge is 0.278 e. The number of furan rings is 1. The van der Waals surface area contributed by atoms with E-state index in [9.17, 15) is 9.59 Å². The third-order valence-electron chi connectivity index (χ3n) is 5.39. The van der Waals surface area contributed by atoms with Gasteiger partial charge in [0, 0.05) is 18.0 Å². The SMILES string of the molecule is CN1CCC(N(C)C2=C(c3cccs3)C(=O)N(Cc3ccco3)C2=O)CC1. The van der Waals surface area contributed by atoms with Crippen molar-refractivity contribution in [1.29, 1.82) is 0 Å². The highest BCUT2D eigenvalue weighted by Gasteiger charge is 2.43. The van der Waals surface area contributed by atoms with Crippen molar-refractivity contribution in [3.63, 3.8) is 0 Å². The number of likely N-dealkylation sites (tertiary alicyclic amines) is 1. The molecule has 27 heavy (non-hydrogen) atoms. The Balaban J connectivity index is 1.68. The minimum absolute atomic E-state index is 0.157. The molecule has 1 fully saturated rings. The summed E-state index contributed by atoms with van der Waals surface area (Å²) < 4.78 is 5.36. The Morgan fingerprint density at radius 1 is 1.19 bits per heavy atom. The normalized spacial score (nSPS) is 19.4. The molecule has 4 rings (SSSR count). The maximum atomic E-state index is 13.3. The molecular weight excluding hydrogens is 362 g/mol. The predicted octanol–water partition coefficient (Wildman–Crippen LogP) is 2.65. The van der Waals surface area contributed by atoms with Crippen molar-refractivity contribution in [2.45, 2.75) is 25.4 Å². The lowest BCUT2D eigenvalue weighted by Crippen LogP contribution is -2.43. The molecule has 0 aromatic carbocycles. The fraction of sp³-hybridized carbons (Fsp3) is 0.400. The fourth-order valence-electron chi connectivity index (χ4n) is 3.80. The first-order valence-corrected chi connectivity index (χ1v) is 10.0.